The van der Waals surface area contributed by atoms with Crippen molar-refractivity contribution >= 4 is 11.6 Å². The number of halogens is 1. The molecule has 0 aliphatic carbocycles. The third-order valence-electron chi connectivity index (χ3n) is 3.32. The minimum atomic E-state index is 0.472. The van der Waals surface area contributed by atoms with Crippen LogP contribution in [0, 0.1) is 0 Å². The number of nitrogens with zero attached hydrogens (tertiary/aromatic N) is 1. The summed E-state index contributed by atoms with van der Waals surface area (Å²) in [5.41, 5.74) is 2.47. The van der Waals surface area contributed by atoms with Crippen molar-refractivity contribution in [3.05, 3.63) is 58.5 Å². The summed E-state index contributed by atoms with van der Waals surface area (Å²) < 4.78 is 5.62. The molecular formula is C17H23ClN2O. The molecule has 4 heteroatoms. The number of nitrogens with one attached hydrogen (secondary N) is 1. The Kier molecular flexibility index (Phi) is 5.85. The molecule has 0 fully saturated rings. The zero-order valence-corrected chi connectivity index (χ0v) is 13.7. The maximum atomic E-state index is 5.91. The Bertz CT molecular complexity index is 548. The summed E-state index contributed by atoms with van der Waals surface area (Å²) >= 11 is 5.91. The van der Waals surface area contributed by atoms with E-state index >= 15 is 0 Å². The lowest BCUT2D eigenvalue weighted by atomic mass is 10.2. The van der Waals surface area contributed by atoms with Crippen molar-refractivity contribution in [2.75, 3.05) is 7.05 Å². The standard InChI is InChI=1S/C17H23ClN2O/c1-13(2)19-10-15-8-9-21-17(15)12-20(3)11-14-4-6-16(18)7-5-14/h4-9,13,19H,10-12H2,1-3H3. The second kappa shape index (κ2) is 7.64. The number of rotatable bonds is 7. The van der Waals surface area contributed by atoms with Gasteiger partial charge in [0.15, 0.2) is 0 Å². The van der Waals surface area contributed by atoms with Crippen molar-refractivity contribution in [2.45, 2.75) is 39.5 Å². The summed E-state index contributed by atoms with van der Waals surface area (Å²) in [5.74, 6) is 1.03. The van der Waals surface area contributed by atoms with E-state index in [1.165, 1.54) is 11.1 Å². The van der Waals surface area contributed by atoms with Crippen LogP contribution in [0.5, 0.6) is 0 Å². The van der Waals surface area contributed by atoms with Gasteiger partial charge in [-0.3, -0.25) is 4.90 Å². The van der Waals surface area contributed by atoms with Crippen LogP contribution in [-0.4, -0.2) is 18.0 Å². The van der Waals surface area contributed by atoms with Crippen molar-refractivity contribution in [3.63, 3.8) is 0 Å². The molecule has 114 valence electrons. The van der Waals surface area contributed by atoms with E-state index in [-0.39, 0.29) is 0 Å². The van der Waals surface area contributed by atoms with Crippen LogP contribution in [-0.2, 0) is 19.6 Å². The largest absolute Gasteiger partial charge is 0.468 e. The van der Waals surface area contributed by atoms with Gasteiger partial charge in [-0.1, -0.05) is 37.6 Å². The number of hydrogen-bond donors (Lipinski definition) is 1. The van der Waals surface area contributed by atoms with Crippen LogP contribution in [0.2, 0.25) is 5.02 Å². The Morgan fingerprint density at radius 2 is 1.86 bits per heavy atom. The molecule has 0 unspecified atom stereocenters. The van der Waals surface area contributed by atoms with Crippen LogP contribution in [0.1, 0.15) is 30.7 Å². The van der Waals surface area contributed by atoms with Gasteiger partial charge in [0.05, 0.1) is 12.8 Å². The molecule has 0 saturated heterocycles. The van der Waals surface area contributed by atoms with E-state index in [0.29, 0.717) is 6.04 Å². The van der Waals surface area contributed by atoms with Gasteiger partial charge in [0.2, 0.25) is 0 Å². The highest BCUT2D eigenvalue weighted by molar-refractivity contribution is 6.30. The van der Waals surface area contributed by atoms with E-state index in [1.807, 2.05) is 18.2 Å². The minimum absolute atomic E-state index is 0.472. The van der Waals surface area contributed by atoms with Gasteiger partial charge in [0.1, 0.15) is 5.76 Å². The fraction of sp³-hybridized carbons (Fsp3) is 0.412. The fourth-order valence-corrected chi connectivity index (χ4v) is 2.31. The third kappa shape index (κ3) is 5.20. The van der Waals surface area contributed by atoms with Gasteiger partial charge < -0.3 is 9.73 Å². The summed E-state index contributed by atoms with van der Waals surface area (Å²) in [6.45, 7) is 6.80. The molecule has 0 bridgehead atoms. The average Bonchev–Trinajstić information content (AvgIpc) is 2.86. The highest BCUT2D eigenvalue weighted by Crippen LogP contribution is 2.15. The Morgan fingerprint density at radius 3 is 2.52 bits per heavy atom. The molecule has 1 aromatic heterocycles. The normalized spacial score (nSPS) is 11.5. The van der Waals surface area contributed by atoms with Crippen LogP contribution in [0.4, 0.5) is 0 Å². The van der Waals surface area contributed by atoms with Crippen molar-refractivity contribution < 1.29 is 4.42 Å². The van der Waals surface area contributed by atoms with Crippen LogP contribution < -0.4 is 5.32 Å². The quantitative estimate of drug-likeness (QED) is 0.836. The summed E-state index contributed by atoms with van der Waals surface area (Å²) in [5, 5.41) is 4.20. The Morgan fingerprint density at radius 1 is 1.14 bits per heavy atom. The fourth-order valence-electron chi connectivity index (χ4n) is 2.18. The zero-order valence-electron chi connectivity index (χ0n) is 12.9. The molecule has 1 aromatic carbocycles. The third-order valence-corrected chi connectivity index (χ3v) is 3.57. The van der Waals surface area contributed by atoms with Crippen molar-refractivity contribution in [3.8, 4) is 0 Å². The summed E-state index contributed by atoms with van der Waals surface area (Å²) in [4.78, 5) is 2.24. The highest BCUT2D eigenvalue weighted by atomic mass is 35.5. The predicted molar refractivity (Wildman–Crippen MR) is 87.3 cm³/mol. The SMILES string of the molecule is CC(C)NCc1ccoc1CN(C)Cc1ccc(Cl)cc1. The van der Waals surface area contributed by atoms with E-state index in [4.69, 9.17) is 16.0 Å². The molecule has 0 aliphatic heterocycles. The van der Waals surface area contributed by atoms with Gasteiger partial charge in [-0.25, -0.2) is 0 Å². The van der Waals surface area contributed by atoms with Gasteiger partial charge in [-0.05, 0) is 30.8 Å². The number of benzene rings is 1. The number of hydrogen-bond acceptors (Lipinski definition) is 3. The zero-order chi connectivity index (χ0) is 15.2. The van der Waals surface area contributed by atoms with E-state index < -0.39 is 0 Å². The number of furan rings is 1. The van der Waals surface area contributed by atoms with Gasteiger partial charge >= 0.3 is 0 Å². The maximum Gasteiger partial charge on any atom is 0.122 e. The Balaban J connectivity index is 1.91. The first kappa shape index (κ1) is 16.1. The molecular weight excluding hydrogens is 284 g/mol. The minimum Gasteiger partial charge on any atom is -0.468 e. The topological polar surface area (TPSA) is 28.4 Å². The first-order valence-electron chi connectivity index (χ1n) is 7.26. The lowest BCUT2D eigenvalue weighted by Gasteiger charge is -2.16. The molecule has 2 aromatic rings. The molecule has 0 aliphatic rings. The Hall–Kier alpha value is -1.29. The van der Waals surface area contributed by atoms with Crippen molar-refractivity contribution in [1.29, 1.82) is 0 Å². The van der Waals surface area contributed by atoms with E-state index in [9.17, 15) is 0 Å². The summed E-state index contributed by atoms with van der Waals surface area (Å²) in [7, 11) is 2.09. The molecule has 21 heavy (non-hydrogen) atoms. The van der Waals surface area contributed by atoms with E-state index in [2.05, 4.69) is 43.2 Å². The first-order chi connectivity index (χ1) is 10.0. The molecule has 0 atom stereocenters. The van der Waals surface area contributed by atoms with Crippen molar-refractivity contribution in [1.82, 2.24) is 10.2 Å². The second-order valence-electron chi connectivity index (χ2n) is 5.70. The highest BCUT2D eigenvalue weighted by Gasteiger charge is 2.10. The van der Waals surface area contributed by atoms with E-state index in [1.54, 1.807) is 6.26 Å². The van der Waals surface area contributed by atoms with Gasteiger partial charge in [-0.2, -0.15) is 0 Å². The summed E-state index contributed by atoms with van der Waals surface area (Å²) in [6.07, 6.45) is 1.77. The maximum absolute atomic E-state index is 5.91. The second-order valence-corrected chi connectivity index (χ2v) is 6.14. The first-order valence-corrected chi connectivity index (χ1v) is 7.64. The van der Waals surface area contributed by atoms with Crippen molar-refractivity contribution in [2.24, 2.45) is 0 Å². The molecule has 0 saturated carbocycles. The molecule has 0 spiro atoms. The molecule has 1 N–H and O–H groups in total. The molecule has 3 nitrogen and oxygen atoms in total. The molecule has 0 radical (unpaired) electrons. The van der Waals surface area contributed by atoms with Gasteiger partial charge in [0, 0.05) is 29.7 Å². The van der Waals surface area contributed by atoms with Gasteiger partial charge in [-0.15, -0.1) is 0 Å². The van der Waals surface area contributed by atoms with Crippen LogP contribution in [0.15, 0.2) is 41.0 Å². The van der Waals surface area contributed by atoms with E-state index in [0.717, 1.165) is 30.4 Å². The van der Waals surface area contributed by atoms with Gasteiger partial charge in [0.25, 0.3) is 0 Å². The lowest BCUT2D eigenvalue weighted by molar-refractivity contribution is 0.285. The Labute approximate surface area is 131 Å². The molecule has 1 heterocycles. The van der Waals surface area contributed by atoms with Crippen LogP contribution >= 0.6 is 11.6 Å². The van der Waals surface area contributed by atoms with Crippen LogP contribution in [0.25, 0.3) is 0 Å². The van der Waals surface area contributed by atoms with Crippen LogP contribution in [0.3, 0.4) is 0 Å². The molecule has 2 rings (SSSR count). The summed E-state index contributed by atoms with van der Waals surface area (Å²) in [6, 6.07) is 10.5. The molecule has 0 amide bonds. The average molecular weight is 307 g/mol. The predicted octanol–water partition coefficient (Wildman–Crippen LogP) is 4.06. The smallest absolute Gasteiger partial charge is 0.122 e. The lowest BCUT2D eigenvalue weighted by Crippen LogP contribution is -2.23. The monoisotopic (exact) mass is 306 g/mol.